The van der Waals surface area contributed by atoms with Crippen molar-refractivity contribution in [3.63, 3.8) is 0 Å². The van der Waals surface area contributed by atoms with Gasteiger partial charge in [0.05, 0.1) is 6.61 Å². The van der Waals surface area contributed by atoms with Crippen LogP contribution in [-0.4, -0.2) is 35.2 Å². The first-order valence-electron chi connectivity index (χ1n) is 5.46. The van der Waals surface area contributed by atoms with Gasteiger partial charge in [-0.25, -0.2) is 9.65 Å². The molecule has 0 aliphatic carbocycles. The highest BCUT2D eigenvalue weighted by atomic mass is 31.2. The van der Waals surface area contributed by atoms with E-state index in [1.54, 1.807) is 0 Å². The van der Waals surface area contributed by atoms with Gasteiger partial charge in [-0.15, -0.1) is 0 Å². The van der Waals surface area contributed by atoms with Gasteiger partial charge < -0.3 is 15.7 Å². The van der Waals surface area contributed by atoms with Gasteiger partial charge in [-0.3, -0.25) is 9.32 Å². The average Bonchev–Trinajstić information content (AvgIpc) is 2.15. The van der Waals surface area contributed by atoms with Crippen molar-refractivity contribution in [3.8, 4) is 0 Å². The number of nitrogens with one attached hydrogen (secondary N) is 1. The quantitative estimate of drug-likeness (QED) is 0.355. The molecular weight excluding hydrogens is 247 g/mol. The molecule has 0 radical (unpaired) electrons. The predicted molar refractivity (Wildman–Crippen MR) is 63.5 cm³/mol. The highest BCUT2D eigenvalue weighted by Gasteiger charge is 2.29. The summed E-state index contributed by atoms with van der Waals surface area (Å²) in [6.07, 6.45) is 0.689. The molecule has 0 heterocycles. The highest BCUT2D eigenvalue weighted by Crippen LogP contribution is 2.38. The van der Waals surface area contributed by atoms with E-state index in [9.17, 15) is 14.3 Å². The summed E-state index contributed by atoms with van der Waals surface area (Å²) >= 11 is 0. The van der Waals surface area contributed by atoms with Crippen LogP contribution in [0.3, 0.4) is 0 Å². The SMILES string of the molecule is CC(C)C[C@H](NP(=O)(O)OCCCN)C(=O)O. The summed E-state index contributed by atoms with van der Waals surface area (Å²) in [6, 6.07) is -1.09. The van der Waals surface area contributed by atoms with Gasteiger partial charge in [-0.2, -0.15) is 0 Å². The monoisotopic (exact) mass is 268 g/mol. The van der Waals surface area contributed by atoms with Crippen molar-refractivity contribution in [2.75, 3.05) is 13.2 Å². The maximum Gasteiger partial charge on any atom is 0.403 e. The number of carboxylic acid groups (broad SMARTS) is 1. The molecule has 0 aliphatic heterocycles. The normalized spacial score (nSPS) is 16.8. The topological polar surface area (TPSA) is 122 Å². The lowest BCUT2D eigenvalue weighted by Gasteiger charge is -2.20. The first-order valence-corrected chi connectivity index (χ1v) is 7.04. The molecular formula is C9H21N2O5P. The number of carboxylic acids is 1. The number of nitrogens with two attached hydrogens (primary N) is 1. The first-order chi connectivity index (χ1) is 7.78. The van der Waals surface area contributed by atoms with Gasteiger partial charge in [0.25, 0.3) is 0 Å². The Bertz CT molecular complexity index is 285. The first kappa shape index (κ1) is 16.5. The second-order valence-electron chi connectivity index (χ2n) is 4.15. The van der Waals surface area contributed by atoms with Crippen LogP contribution in [0, 0.1) is 5.92 Å². The van der Waals surface area contributed by atoms with E-state index in [1.807, 2.05) is 13.8 Å². The van der Waals surface area contributed by atoms with Crippen molar-refractivity contribution in [2.45, 2.75) is 32.7 Å². The molecule has 0 saturated heterocycles. The molecule has 102 valence electrons. The summed E-state index contributed by atoms with van der Waals surface area (Å²) in [6.45, 7) is 4.02. The van der Waals surface area contributed by atoms with Gasteiger partial charge in [0, 0.05) is 0 Å². The third-order valence-electron chi connectivity index (χ3n) is 1.94. The zero-order valence-electron chi connectivity index (χ0n) is 10.1. The molecule has 0 bridgehead atoms. The lowest BCUT2D eigenvalue weighted by Crippen LogP contribution is -2.36. The molecule has 5 N–H and O–H groups in total. The molecule has 0 saturated carbocycles. The third kappa shape index (κ3) is 8.29. The molecule has 0 aromatic carbocycles. The molecule has 0 rings (SSSR count). The smallest absolute Gasteiger partial charge is 0.403 e. The minimum absolute atomic E-state index is 0.0191. The van der Waals surface area contributed by atoms with Crippen molar-refractivity contribution in [1.29, 1.82) is 0 Å². The Morgan fingerprint density at radius 3 is 2.53 bits per heavy atom. The Kier molecular flexibility index (Phi) is 7.58. The minimum atomic E-state index is -4.07. The van der Waals surface area contributed by atoms with E-state index >= 15 is 0 Å². The zero-order chi connectivity index (χ0) is 13.5. The van der Waals surface area contributed by atoms with E-state index in [0.29, 0.717) is 13.0 Å². The van der Waals surface area contributed by atoms with E-state index in [1.165, 1.54) is 0 Å². The Hall–Kier alpha value is -0.460. The second-order valence-corrected chi connectivity index (χ2v) is 5.70. The van der Waals surface area contributed by atoms with Crippen molar-refractivity contribution in [3.05, 3.63) is 0 Å². The molecule has 17 heavy (non-hydrogen) atoms. The maximum absolute atomic E-state index is 11.5. The molecule has 0 aliphatic rings. The number of hydrogen-bond donors (Lipinski definition) is 4. The Labute approximate surface area is 101 Å². The summed E-state index contributed by atoms with van der Waals surface area (Å²) in [5, 5.41) is 11.0. The number of hydrogen-bond acceptors (Lipinski definition) is 4. The zero-order valence-corrected chi connectivity index (χ0v) is 11.0. The van der Waals surface area contributed by atoms with Crippen LogP contribution in [0.1, 0.15) is 26.7 Å². The van der Waals surface area contributed by atoms with Gasteiger partial charge in [-0.1, -0.05) is 13.8 Å². The van der Waals surface area contributed by atoms with Crippen molar-refractivity contribution in [2.24, 2.45) is 11.7 Å². The van der Waals surface area contributed by atoms with E-state index in [2.05, 4.69) is 9.61 Å². The standard InChI is InChI=1S/C9H21N2O5P/c1-7(2)6-8(9(12)13)11-17(14,15)16-5-3-4-10/h7-8H,3-6,10H2,1-2H3,(H,12,13)(H2,11,14,15)/t8-/m0/s1. The van der Waals surface area contributed by atoms with Crippen LogP contribution < -0.4 is 10.8 Å². The summed E-state index contributed by atoms with van der Waals surface area (Å²) in [5.41, 5.74) is 5.21. The number of aliphatic carboxylic acids is 1. The number of rotatable bonds is 9. The summed E-state index contributed by atoms with van der Waals surface area (Å²) < 4.78 is 16.2. The molecule has 0 spiro atoms. The Balaban J connectivity index is 4.31. The lowest BCUT2D eigenvalue weighted by molar-refractivity contribution is -0.139. The molecule has 0 aromatic rings. The minimum Gasteiger partial charge on any atom is -0.480 e. The fourth-order valence-electron chi connectivity index (χ4n) is 1.19. The molecule has 8 heteroatoms. The average molecular weight is 268 g/mol. The van der Waals surface area contributed by atoms with E-state index in [0.717, 1.165) is 0 Å². The summed E-state index contributed by atoms with van der Waals surface area (Å²) in [5.74, 6) is -1.08. The highest BCUT2D eigenvalue weighted by molar-refractivity contribution is 7.50. The summed E-state index contributed by atoms with van der Waals surface area (Å²) in [7, 11) is -4.07. The van der Waals surface area contributed by atoms with Crippen LogP contribution in [0.15, 0.2) is 0 Å². The van der Waals surface area contributed by atoms with Crippen LogP contribution in [-0.2, 0) is 13.9 Å². The number of carbonyl (C=O) groups is 1. The lowest BCUT2D eigenvalue weighted by atomic mass is 10.1. The fourth-order valence-corrected chi connectivity index (χ4v) is 2.25. The molecule has 2 atom stereocenters. The van der Waals surface area contributed by atoms with Gasteiger partial charge in [0.1, 0.15) is 6.04 Å². The third-order valence-corrected chi connectivity index (χ3v) is 3.11. The Morgan fingerprint density at radius 1 is 1.53 bits per heavy atom. The van der Waals surface area contributed by atoms with Crippen LogP contribution in [0.5, 0.6) is 0 Å². The van der Waals surface area contributed by atoms with Crippen molar-refractivity contribution >= 4 is 13.7 Å². The van der Waals surface area contributed by atoms with E-state index < -0.39 is 19.8 Å². The molecule has 7 nitrogen and oxygen atoms in total. The second kappa shape index (κ2) is 7.79. The van der Waals surface area contributed by atoms with Gasteiger partial charge in [-0.05, 0) is 25.3 Å². The molecule has 0 amide bonds. The van der Waals surface area contributed by atoms with E-state index in [-0.39, 0.29) is 18.9 Å². The van der Waals surface area contributed by atoms with Crippen LogP contribution in [0.2, 0.25) is 0 Å². The predicted octanol–water partition coefficient (Wildman–Crippen LogP) is 0.541. The summed E-state index contributed by atoms with van der Waals surface area (Å²) in [4.78, 5) is 20.3. The fraction of sp³-hybridized carbons (Fsp3) is 0.889. The van der Waals surface area contributed by atoms with Crippen LogP contribution in [0.4, 0.5) is 0 Å². The van der Waals surface area contributed by atoms with E-state index in [4.69, 9.17) is 10.8 Å². The van der Waals surface area contributed by atoms with Gasteiger partial charge >= 0.3 is 13.7 Å². The molecule has 1 unspecified atom stereocenters. The van der Waals surface area contributed by atoms with Crippen molar-refractivity contribution < 1.29 is 23.9 Å². The maximum atomic E-state index is 11.5. The molecule has 0 fully saturated rings. The Morgan fingerprint density at radius 2 is 2.12 bits per heavy atom. The van der Waals surface area contributed by atoms with Crippen LogP contribution >= 0.6 is 7.75 Å². The van der Waals surface area contributed by atoms with Crippen molar-refractivity contribution in [1.82, 2.24) is 5.09 Å². The largest absolute Gasteiger partial charge is 0.480 e. The molecule has 0 aromatic heterocycles. The van der Waals surface area contributed by atoms with Gasteiger partial charge in [0.15, 0.2) is 0 Å². The van der Waals surface area contributed by atoms with Crippen LogP contribution in [0.25, 0.3) is 0 Å². The van der Waals surface area contributed by atoms with Gasteiger partial charge in [0.2, 0.25) is 0 Å².